The molecule has 2 aliphatic rings. The van der Waals surface area contributed by atoms with Crippen molar-refractivity contribution in [1.29, 1.82) is 0 Å². The Morgan fingerprint density at radius 3 is 2.65 bits per heavy atom. The fourth-order valence-electron chi connectivity index (χ4n) is 4.27. The van der Waals surface area contributed by atoms with Gasteiger partial charge in [0.25, 0.3) is 0 Å². The Morgan fingerprint density at radius 2 is 1.95 bits per heavy atom. The number of likely N-dealkylation sites (N-methyl/N-ethyl adjacent to an activating group) is 2. The Labute approximate surface area is 125 Å². The summed E-state index contributed by atoms with van der Waals surface area (Å²) in [4.78, 5) is 5.09. The third-order valence-electron chi connectivity index (χ3n) is 5.60. The zero-order valence-electron chi connectivity index (χ0n) is 13.7. The van der Waals surface area contributed by atoms with Crippen LogP contribution < -0.4 is 0 Å². The lowest BCUT2D eigenvalue weighted by Gasteiger charge is -2.36. The summed E-state index contributed by atoms with van der Waals surface area (Å²) in [5.74, 6) is 1.34. The predicted octanol–water partition coefficient (Wildman–Crippen LogP) is 2.59. The highest BCUT2D eigenvalue weighted by atomic mass is 16.3. The number of likely N-dealkylation sites (tertiary alicyclic amines) is 1. The third kappa shape index (κ3) is 4.19. The van der Waals surface area contributed by atoms with Gasteiger partial charge in [-0.3, -0.25) is 4.90 Å². The molecule has 4 atom stereocenters. The van der Waals surface area contributed by atoms with Crippen molar-refractivity contribution in [3.8, 4) is 0 Å². The molecule has 0 aromatic rings. The molecule has 0 spiro atoms. The molecule has 2 fully saturated rings. The molecule has 3 nitrogen and oxygen atoms in total. The van der Waals surface area contributed by atoms with E-state index in [1.54, 1.807) is 0 Å². The molecule has 118 valence electrons. The molecule has 1 heterocycles. The van der Waals surface area contributed by atoms with E-state index in [4.69, 9.17) is 0 Å². The number of hydrogen-bond donors (Lipinski definition) is 1. The Bertz CT molecular complexity index is 284. The lowest BCUT2D eigenvalue weighted by molar-refractivity contribution is 0.0276. The molecule has 1 aliphatic heterocycles. The van der Waals surface area contributed by atoms with Crippen LogP contribution >= 0.6 is 0 Å². The molecule has 2 rings (SSSR count). The van der Waals surface area contributed by atoms with E-state index in [1.165, 1.54) is 51.7 Å². The highest BCUT2D eigenvalue weighted by Crippen LogP contribution is 2.32. The molecule has 1 aliphatic carbocycles. The van der Waals surface area contributed by atoms with Crippen molar-refractivity contribution in [1.82, 2.24) is 9.80 Å². The highest BCUT2D eigenvalue weighted by molar-refractivity contribution is 4.84. The van der Waals surface area contributed by atoms with Gasteiger partial charge in [-0.15, -0.1) is 0 Å². The summed E-state index contributed by atoms with van der Waals surface area (Å²) >= 11 is 0. The van der Waals surface area contributed by atoms with Crippen molar-refractivity contribution >= 4 is 0 Å². The number of nitrogens with zero attached hydrogens (tertiary/aromatic N) is 2. The van der Waals surface area contributed by atoms with Gasteiger partial charge in [0, 0.05) is 19.1 Å². The minimum absolute atomic E-state index is 0.0638. The summed E-state index contributed by atoms with van der Waals surface area (Å²) in [7, 11) is 2.24. The minimum Gasteiger partial charge on any atom is -0.393 e. The van der Waals surface area contributed by atoms with E-state index < -0.39 is 0 Å². The zero-order valence-corrected chi connectivity index (χ0v) is 13.7. The highest BCUT2D eigenvalue weighted by Gasteiger charge is 2.30. The summed E-state index contributed by atoms with van der Waals surface area (Å²) in [6.45, 7) is 9.27. The SMILES string of the molecule is CCC1CCC(O)C(CN(C)CC2CCCN2CC)C1. The molecule has 1 saturated carbocycles. The summed E-state index contributed by atoms with van der Waals surface area (Å²) in [6.07, 6.45) is 7.39. The number of aliphatic hydroxyl groups is 1. The molecule has 1 saturated heterocycles. The second-order valence-electron chi connectivity index (χ2n) is 7.06. The Balaban J connectivity index is 1.79. The lowest BCUT2D eigenvalue weighted by Crippen LogP contribution is -2.43. The van der Waals surface area contributed by atoms with Crippen molar-refractivity contribution in [3.63, 3.8) is 0 Å². The standard InChI is InChI=1S/C17H34N2O/c1-4-14-8-9-17(20)15(11-14)12-18(3)13-16-7-6-10-19(16)5-2/h14-17,20H,4-13H2,1-3H3. The first-order valence-corrected chi connectivity index (χ1v) is 8.74. The van der Waals surface area contributed by atoms with E-state index in [9.17, 15) is 5.11 Å². The maximum atomic E-state index is 10.3. The van der Waals surface area contributed by atoms with E-state index in [-0.39, 0.29) is 6.10 Å². The first-order valence-electron chi connectivity index (χ1n) is 8.74. The fraction of sp³-hybridized carbons (Fsp3) is 1.00. The number of rotatable bonds is 6. The van der Waals surface area contributed by atoms with Gasteiger partial charge >= 0.3 is 0 Å². The number of aliphatic hydroxyl groups excluding tert-OH is 1. The summed E-state index contributed by atoms with van der Waals surface area (Å²) in [5, 5.41) is 10.3. The van der Waals surface area contributed by atoms with Gasteiger partial charge in [0.05, 0.1) is 6.10 Å². The maximum absolute atomic E-state index is 10.3. The van der Waals surface area contributed by atoms with Gasteiger partial charge in [-0.05, 0) is 64.1 Å². The van der Waals surface area contributed by atoms with Crippen LogP contribution in [0, 0.1) is 11.8 Å². The Kier molecular flexibility index (Phi) is 6.31. The molecule has 0 aromatic heterocycles. The van der Waals surface area contributed by atoms with Crippen molar-refractivity contribution in [2.45, 2.75) is 64.5 Å². The van der Waals surface area contributed by atoms with Crippen LogP contribution in [0.1, 0.15) is 52.4 Å². The first kappa shape index (κ1) is 16.3. The molecule has 20 heavy (non-hydrogen) atoms. The van der Waals surface area contributed by atoms with Crippen molar-refractivity contribution in [2.24, 2.45) is 11.8 Å². The average Bonchev–Trinajstić information content (AvgIpc) is 2.88. The van der Waals surface area contributed by atoms with Crippen LogP contribution in [0.25, 0.3) is 0 Å². The van der Waals surface area contributed by atoms with Crippen LogP contribution in [0.4, 0.5) is 0 Å². The molecule has 0 bridgehead atoms. The molecule has 4 unspecified atom stereocenters. The van der Waals surface area contributed by atoms with Crippen molar-refractivity contribution in [3.05, 3.63) is 0 Å². The lowest BCUT2D eigenvalue weighted by atomic mass is 9.78. The van der Waals surface area contributed by atoms with E-state index in [1.807, 2.05) is 0 Å². The van der Waals surface area contributed by atoms with Crippen LogP contribution in [0.15, 0.2) is 0 Å². The van der Waals surface area contributed by atoms with Crippen molar-refractivity contribution in [2.75, 3.05) is 33.2 Å². The van der Waals surface area contributed by atoms with E-state index >= 15 is 0 Å². The molecule has 0 amide bonds. The van der Waals surface area contributed by atoms with Gasteiger partial charge in [0.1, 0.15) is 0 Å². The summed E-state index contributed by atoms with van der Waals surface area (Å²) in [5.41, 5.74) is 0. The van der Waals surface area contributed by atoms with E-state index in [0.717, 1.165) is 24.9 Å². The molecular formula is C17H34N2O. The molecule has 0 radical (unpaired) electrons. The molecule has 3 heteroatoms. The summed E-state index contributed by atoms with van der Waals surface area (Å²) < 4.78 is 0. The molecular weight excluding hydrogens is 248 g/mol. The van der Waals surface area contributed by atoms with Gasteiger partial charge in [0.15, 0.2) is 0 Å². The summed E-state index contributed by atoms with van der Waals surface area (Å²) in [6, 6.07) is 0.743. The first-order chi connectivity index (χ1) is 9.63. The Morgan fingerprint density at radius 1 is 1.15 bits per heavy atom. The second kappa shape index (κ2) is 7.77. The van der Waals surface area contributed by atoms with Crippen LogP contribution in [0.2, 0.25) is 0 Å². The van der Waals surface area contributed by atoms with E-state index in [2.05, 4.69) is 30.7 Å². The zero-order chi connectivity index (χ0) is 14.5. The third-order valence-corrected chi connectivity index (χ3v) is 5.60. The minimum atomic E-state index is -0.0638. The monoisotopic (exact) mass is 282 g/mol. The van der Waals surface area contributed by atoms with E-state index in [0.29, 0.717) is 5.92 Å². The van der Waals surface area contributed by atoms with Crippen LogP contribution in [-0.4, -0.2) is 60.3 Å². The van der Waals surface area contributed by atoms with Gasteiger partial charge < -0.3 is 10.0 Å². The van der Waals surface area contributed by atoms with Crippen LogP contribution in [-0.2, 0) is 0 Å². The largest absolute Gasteiger partial charge is 0.393 e. The fourth-order valence-corrected chi connectivity index (χ4v) is 4.27. The van der Waals surface area contributed by atoms with Gasteiger partial charge in [0.2, 0.25) is 0 Å². The van der Waals surface area contributed by atoms with Crippen LogP contribution in [0.5, 0.6) is 0 Å². The van der Waals surface area contributed by atoms with Gasteiger partial charge in [-0.1, -0.05) is 20.3 Å². The number of hydrogen-bond acceptors (Lipinski definition) is 3. The predicted molar refractivity (Wildman–Crippen MR) is 84.9 cm³/mol. The quantitative estimate of drug-likeness (QED) is 0.811. The average molecular weight is 282 g/mol. The van der Waals surface area contributed by atoms with Gasteiger partial charge in [-0.25, -0.2) is 0 Å². The van der Waals surface area contributed by atoms with Gasteiger partial charge in [-0.2, -0.15) is 0 Å². The second-order valence-corrected chi connectivity index (χ2v) is 7.06. The Hall–Kier alpha value is -0.120. The smallest absolute Gasteiger partial charge is 0.0580 e. The molecule has 0 aromatic carbocycles. The maximum Gasteiger partial charge on any atom is 0.0580 e. The van der Waals surface area contributed by atoms with Crippen LogP contribution in [0.3, 0.4) is 0 Å². The molecule has 1 N–H and O–H groups in total. The normalized spacial score (nSPS) is 35.9. The van der Waals surface area contributed by atoms with Crippen molar-refractivity contribution < 1.29 is 5.11 Å². The topological polar surface area (TPSA) is 26.7 Å².